The zero-order valence-corrected chi connectivity index (χ0v) is 16.4. The molecule has 140 valence electrons. The molecule has 0 atom stereocenters. The van der Waals surface area contributed by atoms with Crippen LogP contribution in [-0.4, -0.2) is 16.0 Å². The van der Waals surface area contributed by atoms with Crippen molar-refractivity contribution in [3.05, 3.63) is 59.5 Å². The third kappa shape index (κ3) is 5.37. The van der Waals surface area contributed by atoms with E-state index in [9.17, 15) is 4.79 Å². The molecule has 27 heavy (non-hydrogen) atoms. The predicted molar refractivity (Wildman–Crippen MR) is 112 cm³/mol. The van der Waals surface area contributed by atoms with E-state index in [0.29, 0.717) is 23.8 Å². The molecule has 1 aromatic heterocycles. The summed E-state index contributed by atoms with van der Waals surface area (Å²) in [6, 6.07) is 13.8. The maximum Gasteiger partial charge on any atom is 0.226 e. The van der Waals surface area contributed by atoms with Gasteiger partial charge < -0.3 is 15.1 Å². The molecule has 0 saturated heterocycles. The van der Waals surface area contributed by atoms with Crippen LogP contribution in [0.1, 0.15) is 43.2 Å². The van der Waals surface area contributed by atoms with E-state index in [-0.39, 0.29) is 5.91 Å². The number of amides is 1. The second-order valence-corrected chi connectivity index (χ2v) is 6.97. The van der Waals surface area contributed by atoms with Crippen LogP contribution in [0.5, 0.6) is 0 Å². The van der Waals surface area contributed by atoms with Crippen molar-refractivity contribution in [2.75, 3.05) is 5.32 Å². The minimum absolute atomic E-state index is 0.0582. The van der Waals surface area contributed by atoms with Gasteiger partial charge in [-0.2, -0.15) is 0 Å². The van der Waals surface area contributed by atoms with Gasteiger partial charge in [-0.05, 0) is 61.0 Å². The van der Waals surface area contributed by atoms with Crippen LogP contribution in [0.15, 0.2) is 46.9 Å². The van der Waals surface area contributed by atoms with Crippen molar-refractivity contribution in [1.29, 1.82) is 0 Å². The summed E-state index contributed by atoms with van der Waals surface area (Å²) in [6.45, 7) is 4.09. The SMILES string of the molecule is CCCCC(=O)NC(=S)Nc1ccc(Cc2nc3cc(C)ccc3o2)cc1. The van der Waals surface area contributed by atoms with Gasteiger partial charge in [-0.15, -0.1) is 0 Å². The molecular formula is C21H23N3O2S. The molecule has 0 aliphatic heterocycles. The molecule has 0 aliphatic carbocycles. The Hall–Kier alpha value is -2.73. The minimum Gasteiger partial charge on any atom is -0.440 e. The average molecular weight is 382 g/mol. The first-order chi connectivity index (χ1) is 13.0. The smallest absolute Gasteiger partial charge is 0.226 e. The van der Waals surface area contributed by atoms with Crippen LogP contribution in [0.3, 0.4) is 0 Å². The van der Waals surface area contributed by atoms with Crippen LogP contribution in [-0.2, 0) is 11.2 Å². The van der Waals surface area contributed by atoms with Crippen LogP contribution in [0.4, 0.5) is 5.69 Å². The minimum atomic E-state index is -0.0582. The number of anilines is 1. The molecular weight excluding hydrogens is 358 g/mol. The predicted octanol–water partition coefficient (Wildman–Crippen LogP) is 4.73. The van der Waals surface area contributed by atoms with Crippen LogP contribution < -0.4 is 10.6 Å². The zero-order chi connectivity index (χ0) is 19.2. The van der Waals surface area contributed by atoms with Gasteiger partial charge in [0.15, 0.2) is 16.6 Å². The fourth-order valence-electron chi connectivity index (χ4n) is 2.73. The molecule has 2 N–H and O–H groups in total. The number of carbonyl (C=O) groups excluding carboxylic acids is 1. The third-order valence-corrected chi connectivity index (χ3v) is 4.37. The van der Waals surface area contributed by atoms with Gasteiger partial charge in [-0.25, -0.2) is 4.98 Å². The number of aromatic nitrogens is 1. The van der Waals surface area contributed by atoms with Gasteiger partial charge in [-0.1, -0.05) is 31.5 Å². The fraction of sp³-hybridized carbons (Fsp3) is 0.286. The highest BCUT2D eigenvalue weighted by Crippen LogP contribution is 2.20. The number of fused-ring (bicyclic) bond motifs is 1. The van der Waals surface area contributed by atoms with Gasteiger partial charge in [0.1, 0.15) is 5.52 Å². The van der Waals surface area contributed by atoms with Crippen molar-refractivity contribution >= 4 is 40.0 Å². The monoisotopic (exact) mass is 381 g/mol. The van der Waals surface area contributed by atoms with Crippen molar-refractivity contribution in [1.82, 2.24) is 10.3 Å². The highest BCUT2D eigenvalue weighted by Gasteiger charge is 2.08. The number of oxazole rings is 1. The van der Waals surface area contributed by atoms with Crippen LogP contribution in [0.2, 0.25) is 0 Å². The Labute approximate surface area is 164 Å². The summed E-state index contributed by atoms with van der Waals surface area (Å²) in [5, 5.41) is 6.04. The average Bonchev–Trinajstić information content (AvgIpc) is 3.02. The molecule has 3 aromatic rings. The first-order valence-corrected chi connectivity index (χ1v) is 9.50. The Morgan fingerprint density at radius 1 is 1.19 bits per heavy atom. The topological polar surface area (TPSA) is 67.2 Å². The number of hydrogen-bond donors (Lipinski definition) is 2. The summed E-state index contributed by atoms with van der Waals surface area (Å²) >= 11 is 5.18. The molecule has 6 heteroatoms. The molecule has 1 amide bonds. The summed E-state index contributed by atoms with van der Waals surface area (Å²) in [5.74, 6) is 0.632. The maximum atomic E-state index is 11.7. The number of unbranched alkanes of at least 4 members (excludes halogenated alkanes) is 1. The zero-order valence-electron chi connectivity index (χ0n) is 15.5. The second-order valence-electron chi connectivity index (χ2n) is 6.56. The largest absolute Gasteiger partial charge is 0.440 e. The molecule has 3 rings (SSSR count). The fourth-order valence-corrected chi connectivity index (χ4v) is 2.96. The van der Waals surface area contributed by atoms with E-state index in [1.807, 2.05) is 56.3 Å². The summed E-state index contributed by atoms with van der Waals surface area (Å²) in [6.07, 6.45) is 2.95. The van der Waals surface area contributed by atoms with Gasteiger partial charge >= 0.3 is 0 Å². The third-order valence-electron chi connectivity index (χ3n) is 4.16. The molecule has 0 spiro atoms. The first-order valence-electron chi connectivity index (χ1n) is 9.09. The molecule has 5 nitrogen and oxygen atoms in total. The maximum absolute atomic E-state index is 11.7. The second kappa shape index (κ2) is 8.77. The first kappa shape index (κ1) is 19.0. The van der Waals surface area contributed by atoms with Gasteiger partial charge in [0.25, 0.3) is 0 Å². The van der Waals surface area contributed by atoms with Crippen LogP contribution >= 0.6 is 12.2 Å². The lowest BCUT2D eigenvalue weighted by atomic mass is 10.1. The van der Waals surface area contributed by atoms with Crippen molar-refractivity contribution in [2.45, 2.75) is 39.5 Å². The molecule has 0 unspecified atom stereocenters. The molecule has 0 aliphatic rings. The Morgan fingerprint density at radius 3 is 2.70 bits per heavy atom. The number of nitrogens with one attached hydrogen (secondary N) is 2. The van der Waals surface area contributed by atoms with E-state index in [1.165, 1.54) is 0 Å². The van der Waals surface area contributed by atoms with Crippen LogP contribution in [0, 0.1) is 6.92 Å². The Bertz CT molecular complexity index is 948. The standard InChI is InChI=1S/C21H23N3O2S/c1-3-4-5-19(25)24-21(27)22-16-9-7-15(8-10-16)13-20-23-17-12-14(2)6-11-18(17)26-20/h6-12H,3-5,13H2,1-2H3,(H2,22,24,25,27). The summed E-state index contributed by atoms with van der Waals surface area (Å²) in [7, 11) is 0. The number of thiocarbonyl (C=S) groups is 1. The number of carbonyl (C=O) groups is 1. The Kier molecular flexibility index (Phi) is 6.19. The Morgan fingerprint density at radius 2 is 1.96 bits per heavy atom. The lowest BCUT2D eigenvalue weighted by Crippen LogP contribution is -2.33. The van der Waals surface area contributed by atoms with Crippen molar-refractivity contribution in [3.8, 4) is 0 Å². The Balaban J connectivity index is 1.58. The van der Waals surface area contributed by atoms with Gasteiger partial charge in [0.2, 0.25) is 5.91 Å². The molecule has 0 fully saturated rings. The van der Waals surface area contributed by atoms with E-state index in [4.69, 9.17) is 16.6 Å². The highest BCUT2D eigenvalue weighted by atomic mass is 32.1. The molecule has 0 bridgehead atoms. The van der Waals surface area contributed by atoms with Crippen molar-refractivity contribution in [2.24, 2.45) is 0 Å². The van der Waals surface area contributed by atoms with Crippen molar-refractivity contribution in [3.63, 3.8) is 0 Å². The van der Waals surface area contributed by atoms with E-state index in [0.717, 1.165) is 40.8 Å². The number of benzene rings is 2. The summed E-state index contributed by atoms with van der Waals surface area (Å²) < 4.78 is 5.80. The van der Waals surface area contributed by atoms with E-state index in [1.54, 1.807) is 0 Å². The lowest BCUT2D eigenvalue weighted by molar-refractivity contribution is -0.119. The molecule has 1 heterocycles. The van der Waals surface area contributed by atoms with Gasteiger partial charge in [0, 0.05) is 18.5 Å². The van der Waals surface area contributed by atoms with Gasteiger partial charge in [-0.3, -0.25) is 4.79 Å². The van der Waals surface area contributed by atoms with E-state index < -0.39 is 0 Å². The number of rotatable bonds is 6. The summed E-state index contributed by atoms with van der Waals surface area (Å²) in [4.78, 5) is 16.2. The molecule has 2 aromatic carbocycles. The normalized spacial score (nSPS) is 10.7. The number of nitrogens with zero attached hydrogens (tertiary/aromatic N) is 1. The van der Waals surface area contributed by atoms with Gasteiger partial charge in [0.05, 0.1) is 0 Å². The quantitative estimate of drug-likeness (QED) is 0.604. The summed E-state index contributed by atoms with van der Waals surface area (Å²) in [5.41, 5.74) is 4.76. The highest BCUT2D eigenvalue weighted by molar-refractivity contribution is 7.80. The van der Waals surface area contributed by atoms with Crippen molar-refractivity contribution < 1.29 is 9.21 Å². The molecule has 0 radical (unpaired) electrons. The van der Waals surface area contributed by atoms with E-state index >= 15 is 0 Å². The number of hydrogen-bond acceptors (Lipinski definition) is 4. The lowest BCUT2D eigenvalue weighted by Gasteiger charge is -2.09. The number of aryl methyl sites for hydroxylation is 1. The molecule has 0 saturated carbocycles. The van der Waals surface area contributed by atoms with E-state index in [2.05, 4.69) is 15.6 Å². The van der Waals surface area contributed by atoms with Crippen LogP contribution in [0.25, 0.3) is 11.1 Å².